The van der Waals surface area contributed by atoms with E-state index in [9.17, 15) is 70.8 Å². The van der Waals surface area contributed by atoms with Gasteiger partial charge in [0.15, 0.2) is 30.9 Å². The lowest BCUT2D eigenvalue weighted by Crippen LogP contribution is -2.68. The van der Waals surface area contributed by atoms with Gasteiger partial charge in [-0.2, -0.15) is 0 Å². The van der Waals surface area contributed by atoms with Gasteiger partial charge in [0.05, 0.1) is 11.5 Å². The van der Waals surface area contributed by atoms with E-state index >= 15 is 0 Å². The van der Waals surface area contributed by atoms with Crippen molar-refractivity contribution < 1.29 is 94.0 Å². The van der Waals surface area contributed by atoms with Gasteiger partial charge in [-0.15, -0.1) is 0 Å². The standard InChI is InChI=1S/C24H31NO20/c26-5-8-9(27)10(28)13(31)22(41-8)42-16-15(33)18(21(36)37)44-24(40-7-3-1-6(2-4-7)25(38)39)19(16)45-23-14(32)11(29)12(30)17(43-23)20(34)35/h1-4,8-19,22-24,26-33H,5H2,(H,34,35)(H,36,37)/t8-,9-,10+,11+,12+,13-,14-,15+,16+,17+,18+,19-,22?,23?,24-/m1/s1. The molecule has 2 unspecified atom stereocenters. The Hall–Kier alpha value is -3.16. The van der Waals surface area contributed by atoms with Crippen LogP contribution in [0.1, 0.15) is 0 Å². The van der Waals surface area contributed by atoms with Crippen molar-refractivity contribution >= 4 is 17.6 Å². The highest BCUT2D eigenvalue weighted by Gasteiger charge is 2.57. The van der Waals surface area contributed by atoms with Gasteiger partial charge in [-0.25, -0.2) is 9.59 Å². The predicted molar refractivity (Wildman–Crippen MR) is 134 cm³/mol. The van der Waals surface area contributed by atoms with E-state index in [-0.39, 0.29) is 11.4 Å². The van der Waals surface area contributed by atoms with Crippen LogP contribution in [0.25, 0.3) is 0 Å². The molecule has 0 bridgehead atoms. The molecule has 3 saturated heterocycles. The topological polar surface area (TPSA) is 335 Å². The zero-order valence-electron chi connectivity index (χ0n) is 22.7. The normalized spacial score (nSPS) is 42.1. The van der Waals surface area contributed by atoms with E-state index in [1.54, 1.807) is 0 Å². The second-order valence-electron chi connectivity index (χ2n) is 10.3. The average Bonchev–Trinajstić information content (AvgIpc) is 2.99. The Kier molecular flexibility index (Phi) is 10.9. The zero-order valence-corrected chi connectivity index (χ0v) is 22.7. The minimum absolute atomic E-state index is 0.213. The van der Waals surface area contributed by atoms with Crippen molar-refractivity contribution in [3.63, 3.8) is 0 Å². The highest BCUT2D eigenvalue weighted by molar-refractivity contribution is 5.74. The highest BCUT2D eigenvalue weighted by Crippen LogP contribution is 2.35. The molecule has 1 aromatic rings. The van der Waals surface area contributed by atoms with E-state index in [0.717, 1.165) is 24.3 Å². The molecular weight excluding hydrogens is 622 g/mol. The van der Waals surface area contributed by atoms with Crippen molar-refractivity contribution in [3.05, 3.63) is 34.4 Å². The first-order chi connectivity index (χ1) is 21.2. The molecule has 0 spiro atoms. The number of carbonyl (C=O) groups is 2. The summed E-state index contributed by atoms with van der Waals surface area (Å²) in [5, 5.41) is 112. The lowest BCUT2D eigenvalue weighted by atomic mass is 9.95. The van der Waals surface area contributed by atoms with Crippen LogP contribution in [0.4, 0.5) is 5.69 Å². The van der Waals surface area contributed by atoms with Gasteiger partial charge in [0.2, 0.25) is 6.29 Å². The van der Waals surface area contributed by atoms with Crippen molar-refractivity contribution in [2.45, 2.75) is 92.1 Å². The van der Waals surface area contributed by atoms with E-state index in [0.29, 0.717) is 0 Å². The van der Waals surface area contributed by atoms with Crippen molar-refractivity contribution in [2.75, 3.05) is 6.61 Å². The van der Waals surface area contributed by atoms with Gasteiger partial charge in [0.25, 0.3) is 5.69 Å². The van der Waals surface area contributed by atoms with E-state index in [4.69, 9.17) is 28.4 Å². The zero-order chi connectivity index (χ0) is 33.3. The van der Waals surface area contributed by atoms with Gasteiger partial charge >= 0.3 is 11.9 Å². The van der Waals surface area contributed by atoms with E-state index < -0.39 is 116 Å². The molecule has 1 aromatic carbocycles. The van der Waals surface area contributed by atoms with Crippen molar-refractivity contribution in [3.8, 4) is 5.75 Å². The van der Waals surface area contributed by atoms with E-state index in [2.05, 4.69) is 0 Å². The Labute approximate surface area is 251 Å². The Morgan fingerprint density at radius 1 is 0.689 bits per heavy atom. The van der Waals surface area contributed by atoms with Crippen LogP contribution in [-0.2, 0) is 33.3 Å². The Balaban J connectivity index is 1.73. The second kappa shape index (κ2) is 14.1. The molecule has 0 aromatic heterocycles. The summed E-state index contributed by atoms with van der Waals surface area (Å²) in [6.07, 6.45) is -30.9. The Morgan fingerprint density at radius 2 is 1.18 bits per heavy atom. The molecule has 21 heteroatoms. The summed E-state index contributed by atoms with van der Waals surface area (Å²) in [6, 6.07) is 4.14. The first kappa shape index (κ1) is 34.7. The quantitative estimate of drug-likeness (QED) is 0.0831. The molecule has 3 aliphatic rings. The molecule has 3 aliphatic heterocycles. The number of nitro groups is 1. The molecule has 252 valence electrons. The van der Waals surface area contributed by atoms with Gasteiger partial charge in [-0.1, -0.05) is 0 Å². The van der Waals surface area contributed by atoms with Crippen LogP contribution in [0, 0.1) is 10.1 Å². The van der Waals surface area contributed by atoms with Gasteiger partial charge in [-0.3, -0.25) is 10.1 Å². The van der Waals surface area contributed by atoms with Gasteiger partial charge in [0, 0.05) is 12.1 Å². The lowest BCUT2D eigenvalue weighted by molar-refractivity contribution is -0.385. The molecule has 3 heterocycles. The van der Waals surface area contributed by atoms with Crippen LogP contribution in [0.2, 0.25) is 0 Å². The van der Waals surface area contributed by atoms with Crippen LogP contribution >= 0.6 is 0 Å². The summed E-state index contributed by atoms with van der Waals surface area (Å²) in [4.78, 5) is 34.0. The Morgan fingerprint density at radius 3 is 1.71 bits per heavy atom. The number of aliphatic hydroxyl groups excluding tert-OH is 8. The van der Waals surface area contributed by atoms with Gasteiger partial charge < -0.3 is 79.5 Å². The number of carboxylic acids is 2. The monoisotopic (exact) mass is 653 g/mol. The maximum absolute atomic E-state index is 12.0. The number of non-ortho nitro benzene ring substituents is 1. The summed E-state index contributed by atoms with van der Waals surface area (Å²) < 4.78 is 32.7. The Bertz CT molecular complexity index is 1200. The minimum atomic E-state index is -2.26. The summed E-state index contributed by atoms with van der Waals surface area (Å²) >= 11 is 0. The number of hydrogen-bond acceptors (Lipinski definition) is 18. The first-order valence-corrected chi connectivity index (χ1v) is 13.2. The third-order valence-corrected chi connectivity index (χ3v) is 7.31. The minimum Gasteiger partial charge on any atom is -0.479 e. The second-order valence-corrected chi connectivity index (χ2v) is 10.3. The van der Waals surface area contributed by atoms with Crippen LogP contribution in [0.3, 0.4) is 0 Å². The van der Waals surface area contributed by atoms with Crippen molar-refractivity contribution in [1.29, 1.82) is 0 Å². The number of ether oxygens (including phenoxy) is 6. The van der Waals surface area contributed by atoms with Gasteiger partial charge in [-0.05, 0) is 12.1 Å². The highest BCUT2D eigenvalue weighted by atomic mass is 16.8. The van der Waals surface area contributed by atoms with E-state index in [1.165, 1.54) is 0 Å². The molecule has 0 aliphatic carbocycles. The molecule has 0 saturated carbocycles. The smallest absolute Gasteiger partial charge is 0.335 e. The van der Waals surface area contributed by atoms with Gasteiger partial charge in [0.1, 0.15) is 60.7 Å². The molecular formula is C24H31NO20. The number of carboxylic acid groups (broad SMARTS) is 2. The summed E-state index contributed by atoms with van der Waals surface area (Å²) in [5.74, 6) is -3.80. The number of benzene rings is 1. The maximum Gasteiger partial charge on any atom is 0.335 e. The van der Waals surface area contributed by atoms with Crippen molar-refractivity contribution in [1.82, 2.24) is 0 Å². The molecule has 0 amide bonds. The maximum atomic E-state index is 12.0. The summed E-state index contributed by atoms with van der Waals surface area (Å²) in [6.45, 7) is -0.899. The number of nitro benzene ring substituents is 1. The van der Waals surface area contributed by atoms with Crippen LogP contribution in [0.15, 0.2) is 24.3 Å². The average molecular weight is 653 g/mol. The first-order valence-electron chi connectivity index (χ1n) is 13.2. The number of rotatable bonds is 10. The molecule has 15 atom stereocenters. The molecule has 10 N–H and O–H groups in total. The molecule has 4 rings (SSSR count). The molecule has 3 fully saturated rings. The number of hydrogen-bond donors (Lipinski definition) is 10. The number of aliphatic carboxylic acids is 2. The predicted octanol–water partition coefficient (Wildman–Crippen LogP) is -5.39. The molecule has 0 radical (unpaired) electrons. The van der Waals surface area contributed by atoms with Crippen LogP contribution in [-0.4, -0.2) is 167 Å². The lowest BCUT2D eigenvalue weighted by Gasteiger charge is -2.48. The fourth-order valence-electron chi connectivity index (χ4n) is 4.86. The molecule has 21 nitrogen and oxygen atoms in total. The fraction of sp³-hybridized carbons (Fsp3) is 0.667. The number of aliphatic hydroxyl groups is 8. The van der Waals surface area contributed by atoms with Crippen LogP contribution < -0.4 is 4.74 Å². The summed E-state index contributed by atoms with van der Waals surface area (Å²) in [5.41, 5.74) is -0.367. The SMILES string of the molecule is O=C(O)[C@H]1OC(O[C@H]2[C@H](Oc3ccc([N+](=O)[O-])cc3)O[C@H](C(=O)O)[C@@H](O)[C@@H]2OC2O[C@H](CO)[C@@H](O)[C@H](O)[C@H]2O)[C@H](O)[C@@H](O)[C@@H]1O. The van der Waals surface area contributed by atoms with Crippen molar-refractivity contribution in [2.24, 2.45) is 0 Å². The number of nitrogens with zero attached hydrogens (tertiary/aromatic N) is 1. The summed E-state index contributed by atoms with van der Waals surface area (Å²) in [7, 11) is 0. The third-order valence-electron chi connectivity index (χ3n) is 7.31. The fourth-order valence-corrected chi connectivity index (χ4v) is 4.86. The van der Waals surface area contributed by atoms with Crippen LogP contribution in [0.5, 0.6) is 5.75 Å². The van der Waals surface area contributed by atoms with E-state index in [1.807, 2.05) is 0 Å². The largest absolute Gasteiger partial charge is 0.479 e. The molecule has 45 heavy (non-hydrogen) atoms. The third kappa shape index (κ3) is 7.15.